The number of nitrogens with two attached hydrogens (primary N) is 13. The van der Waals surface area contributed by atoms with Crippen LogP contribution in [0.25, 0.3) is 0 Å². The Morgan fingerprint density at radius 2 is 1.03 bits per heavy atom. The first kappa shape index (κ1) is 95.0. The van der Waals surface area contributed by atoms with Gasteiger partial charge in [0.15, 0.2) is 0 Å². The van der Waals surface area contributed by atoms with Crippen LogP contribution in [0, 0.1) is 23.7 Å². The molecular weight excluding hydrogens is 1300 g/mol. The number of carbonyl (C=O) groups excluding carboxylic acids is 5. The number of hydrogen-bond donors (Lipinski definition) is 17. The SMILES string of the molecule is CCCCNC1CCC(N)CC1.COC(=O)C1CCCC(N)C1.NC(=O)C1CCC(N)CC1.NC(=O)N1CCC(N)C1.NC1CC=C(F)CC1.NC1CCC(=O)CC1.NC1CCC(CO)CC1.NC1CCC(F)(F)CC1.NC1CCC(O)C1.NC1CCCC(=O)C1.NC1CCCC(C(=O)O)C1. The third kappa shape index (κ3) is 49.4. The van der Waals surface area contributed by atoms with Crippen LogP contribution >= 0.6 is 0 Å². The van der Waals surface area contributed by atoms with E-state index in [4.69, 9.17) is 89.9 Å². The van der Waals surface area contributed by atoms with Crippen LogP contribution in [0.3, 0.4) is 0 Å². The molecule has 0 spiro atoms. The summed E-state index contributed by atoms with van der Waals surface area (Å²) in [6.45, 7) is 5.12. The fourth-order valence-electron chi connectivity index (χ4n) is 13.5. The first-order chi connectivity index (χ1) is 47.7. The van der Waals surface area contributed by atoms with Crippen LogP contribution in [-0.4, -0.2) is 174 Å². The predicted molar refractivity (Wildman–Crippen MR) is 396 cm³/mol. The van der Waals surface area contributed by atoms with Gasteiger partial charge in [-0.15, -0.1) is 0 Å². The summed E-state index contributed by atoms with van der Waals surface area (Å²) in [7, 11) is 1.43. The lowest BCUT2D eigenvalue weighted by Gasteiger charge is -2.26. The number of amides is 3. The maximum absolute atomic E-state index is 12.3. The molecule has 1 heterocycles. The Kier molecular flexibility index (Phi) is 52.1. The number of aliphatic hydroxyl groups is 2. The number of alkyl halides is 2. The van der Waals surface area contributed by atoms with Crippen molar-refractivity contribution in [1.82, 2.24) is 10.2 Å². The molecule has 592 valence electrons. The molecule has 0 radical (unpaired) electrons. The smallest absolute Gasteiger partial charge is 0.314 e. The maximum atomic E-state index is 12.3. The van der Waals surface area contributed by atoms with E-state index in [0.717, 1.165) is 173 Å². The predicted octanol–water partition coefficient (Wildman–Crippen LogP) is 6.14. The average Bonchev–Trinajstić information content (AvgIpc) is 1.63. The van der Waals surface area contributed by atoms with E-state index in [9.17, 15) is 41.9 Å². The van der Waals surface area contributed by atoms with Crippen LogP contribution in [-0.2, 0) is 28.7 Å². The van der Waals surface area contributed by atoms with Crippen molar-refractivity contribution in [2.75, 3.05) is 33.4 Å². The fraction of sp³-hybridized carbons (Fsp3) is 0.890. The normalized spacial score (nSPS) is 31.5. The number of unbranched alkanes of at least 4 members (excludes halogenated alkanes) is 1. The van der Waals surface area contributed by atoms with E-state index in [1.54, 1.807) is 11.0 Å². The first-order valence-electron chi connectivity index (χ1n) is 38.5. The molecule has 25 nitrogen and oxygen atoms in total. The highest BCUT2D eigenvalue weighted by molar-refractivity contribution is 5.80. The van der Waals surface area contributed by atoms with E-state index < -0.39 is 11.9 Å². The number of allylic oxidation sites excluding steroid dienone is 1. The molecule has 1 saturated heterocycles. The number of ether oxygens (including phenoxy) is 1. The van der Waals surface area contributed by atoms with Gasteiger partial charge in [0.2, 0.25) is 11.8 Å². The zero-order chi connectivity index (χ0) is 75.9. The molecule has 9 atom stereocenters. The number of carbonyl (C=O) groups is 6. The van der Waals surface area contributed by atoms with Gasteiger partial charge >= 0.3 is 18.0 Å². The van der Waals surface area contributed by atoms with Gasteiger partial charge in [0.1, 0.15) is 11.6 Å². The number of Topliss-reactive ketones (excluding diaryl/α,β-unsaturated/α-hetero) is 2. The number of nitrogens with zero attached hydrogens (tertiary/aromatic N) is 1. The Bertz CT molecular complexity index is 2220. The number of hydrogen-bond acceptors (Lipinski definition) is 21. The van der Waals surface area contributed by atoms with Crippen molar-refractivity contribution in [3.63, 3.8) is 0 Å². The van der Waals surface area contributed by atoms with Gasteiger partial charge in [0.05, 0.1) is 30.9 Å². The van der Waals surface area contributed by atoms with Gasteiger partial charge in [-0.05, 0) is 212 Å². The number of likely N-dealkylation sites (tertiary alicyclic amines) is 1. The van der Waals surface area contributed by atoms with Gasteiger partial charge in [0, 0.05) is 143 Å². The molecule has 101 heavy (non-hydrogen) atoms. The topological polar surface area (TPSA) is 526 Å². The molecule has 0 aromatic heterocycles. The largest absolute Gasteiger partial charge is 0.481 e. The van der Waals surface area contributed by atoms with Crippen molar-refractivity contribution in [2.24, 2.45) is 98.2 Å². The zero-order valence-electron chi connectivity index (χ0n) is 62.0. The minimum absolute atomic E-state index is 0.00620. The molecule has 9 unspecified atom stereocenters. The molecule has 3 amide bonds. The number of halogens is 3. The summed E-state index contributed by atoms with van der Waals surface area (Å²) in [4.78, 5) is 65.3. The van der Waals surface area contributed by atoms with E-state index in [-0.39, 0.29) is 103 Å². The van der Waals surface area contributed by atoms with E-state index >= 15 is 0 Å². The molecule has 28 heteroatoms. The number of esters is 1. The molecule has 10 fully saturated rings. The lowest BCUT2D eigenvalue weighted by Crippen LogP contribution is -2.37. The summed E-state index contributed by atoms with van der Waals surface area (Å²) in [5.41, 5.74) is 71.5. The van der Waals surface area contributed by atoms with Crippen LogP contribution in [0.5, 0.6) is 0 Å². The molecule has 1 aliphatic heterocycles. The van der Waals surface area contributed by atoms with Crippen LogP contribution in [0.4, 0.5) is 18.0 Å². The van der Waals surface area contributed by atoms with Crippen molar-refractivity contribution in [3.05, 3.63) is 11.9 Å². The molecule has 0 aromatic rings. The maximum Gasteiger partial charge on any atom is 0.314 e. The van der Waals surface area contributed by atoms with Crippen LogP contribution in [0.15, 0.2) is 11.9 Å². The minimum atomic E-state index is -2.42. The molecule has 9 saturated carbocycles. The van der Waals surface area contributed by atoms with Crippen molar-refractivity contribution < 1.29 is 62.0 Å². The molecule has 11 aliphatic rings. The number of aliphatic carboxylic acids is 1. The molecule has 0 bridgehead atoms. The molecule has 10 aliphatic carbocycles. The van der Waals surface area contributed by atoms with Crippen molar-refractivity contribution in [2.45, 2.75) is 355 Å². The number of methoxy groups -OCH3 is 1. The second kappa shape index (κ2) is 55.4. The summed E-state index contributed by atoms with van der Waals surface area (Å²) >= 11 is 0. The van der Waals surface area contributed by atoms with Gasteiger partial charge in [-0.25, -0.2) is 18.0 Å². The van der Waals surface area contributed by atoms with Crippen LogP contribution in [0.1, 0.15) is 270 Å². The lowest BCUT2D eigenvalue weighted by molar-refractivity contribution is -0.146. The number of nitrogens with one attached hydrogen (secondary N) is 1. The third-order valence-corrected chi connectivity index (χ3v) is 20.6. The number of urea groups is 1. The standard InChI is InChI=1S/C10H22N2.C8H15NO2.C7H14N2O.C7H13NO2.C7H15NO.C6H11F2N.C6H10FN.2C6H11NO.C5H11N3O.C5H11NO/c1-2-3-8-12-10-6-4-9(11)5-7-10;1-11-8(10)6-3-2-4-7(9)5-6;8-6-3-1-5(2-4-6)7(9)10;8-6-3-1-2-5(4-6)7(9)10;8-7-3-1-6(5-9)2-4-7;7-6(8)3-1-5(9)2-4-6;2*7-5-1-3-6(8)4-2-5;7-5-2-1-3-6(8)4-5;6-4-1-2-8(3-4)5(7)9;6-4-1-2-5(7)3-4/h9-10,12H,2-8,11H2,1H3;6-7H,2-5,9H2,1H3;5-6H,1-4,8H2,(H2,9,10);5-6H,1-4,8H2,(H,9,10);6-7,9H,1-5,8H2;5H,1-4,9H2;1,6H,2-4,8H2;2*5H,1-4,7H2;4H,1-3,6H2,(H2,7,9);4-5,7H,1-3,6H2. The van der Waals surface area contributed by atoms with Crippen molar-refractivity contribution >= 4 is 35.4 Å². The van der Waals surface area contributed by atoms with Gasteiger partial charge in [-0.2, -0.15) is 0 Å². The Morgan fingerprint density at radius 3 is 1.39 bits per heavy atom. The number of carboxylic acid groups (broad SMARTS) is 1. The number of carboxylic acids is 1. The molecular formula is C73H144F3N15O10. The Labute approximate surface area is 603 Å². The van der Waals surface area contributed by atoms with Crippen LogP contribution in [0.2, 0.25) is 0 Å². The van der Waals surface area contributed by atoms with E-state index in [1.807, 2.05) is 0 Å². The fourth-order valence-corrected chi connectivity index (χ4v) is 13.5. The number of primary amides is 2. The highest BCUT2D eigenvalue weighted by Gasteiger charge is 2.34. The summed E-state index contributed by atoms with van der Waals surface area (Å²) in [6, 6.07) is 3.01. The first-order valence-corrected chi connectivity index (χ1v) is 38.5. The number of aliphatic hydroxyl groups excluding tert-OH is 2. The molecule has 30 N–H and O–H groups in total. The highest BCUT2D eigenvalue weighted by atomic mass is 19.3. The van der Waals surface area contributed by atoms with E-state index in [1.165, 1.54) is 52.2 Å². The summed E-state index contributed by atoms with van der Waals surface area (Å²) < 4.78 is 41.5. The Morgan fingerprint density at radius 1 is 0.545 bits per heavy atom. The second-order valence-corrected chi connectivity index (χ2v) is 30.2. The monoisotopic (exact) mass is 1450 g/mol. The van der Waals surface area contributed by atoms with Crippen molar-refractivity contribution in [3.8, 4) is 0 Å². The lowest BCUT2D eigenvalue weighted by atomic mass is 9.86. The van der Waals surface area contributed by atoms with Gasteiger partial charge in [0.25, 0.3) is 0 Å². The Balaban J connectivity index is 0.000000557. The molecule has 11 rings (SSSR count). The summed E-state index contributed by atoms with van der Waals surface area (Å²) in [5.74, 6) is -2.11. The van der Waals surface area contributed by atoms with E-state index in [0.29, 0.717) is 106 Å². The average molecular weight is 1450 g/mol. The van der Waals surface area contributed by atoms with E-state index in [2.05, 4.69) is 17.0 Å². The third-order valence-electron chi connectivity index (χ3n) is 20.6. The molecule has 0 aromatic carbocycles. The van der Waals surface area contributed by atoms with Gasteiger partial charge in [-0.1, -0.05) is 32.3 Å². The number of ketones is 2. The number of rotatable bonds is 8. The summed E-state index contributed by atoms with van der Waals surface area (Å²) in [5, 5.41) is 29.7. The summed E-state index contributed by atoms with van der Waals surface area (Å²) in [6.07, 6.45) is 37.7. The zero-order valence-corrected chi connectivity index (χ0v) is 62.0. The van der Waals surface area contributed by atoms with Crippen LogP contribution < -0.4 is 79.9 Å². The second-order valence-electron chi connectivity index (χ2n) is 30.2. The van der Waals surface area contributed by atoms with Crippen molar-refractivity contribution in [1.29, 1.82) is 0 Å². The Hall–Kier alpha value is -4.01. The quantitative estimate of drug-likeness (QED) is 0.0958. The highest BCUT2D eigenvalue weighted by Crippen LogP contribution is 2.32. The van der Waals surface area contributed by atoms with Gasteiger partial charge in [-0.3, -0.25) is 24.0 Å². The van der Waals surface area contributed by atoms with Gasteiger partial charge < -0.3 is 105 Å². The minimum Gasteiger partial charge on any atom is -0.481 e.